The predicted molar refractivity (Wildman–Crippen MR) is 93.2 cm³/mol. The molecule has 130 valence electrons. The maximum Gasteiger partial charge on any atom is 0.301 e. The van der Waals surface area contributed by atoms with Gasteiger partial charge in [0.2, 0.25) is 0 Å². The fourth-order valence-corrected chi connectivity index (χ4v) is 3.05. The van der Waals surface area contributed by atoms with E-state index in [1.54, 1.807) is 19.2 Å². The van der Waals surface area contributed by atoms with Gasteiger partial charge in [-0.05, 0) is 24.3 Å². The number of hydrogen-bond donors (Lipinski definition) is 1. The highest BCUT2D eigenvalue weighted by Gasteiger charge is 2.17. The van der Waals surface area contributed by atoms with Crippen LogP contribution < -0.4 is 9.62 Å². The lowest BCUT2D eigenvalue weighted by Crippen LogP contribution is -2.47. The fourth-order valence-electron chi connectivity index (χ4n) is 2.43. The molecule has 0 aliphatic carbocycles. The summed E-state index contributed by atoms with van der Waals surface area (Å²) in [5.74, 6) is 0. The van der Waals surface area contributed by atoms with Gasteiger partial charge >= 0.3 is 10.2 Å². The summed E-state index contributed by atoms with van der Waals surface area (Å²) in [6, 6.07) is 7.51. The van der Waals surface area contributed by atoms with E-state index in [0.717, 1.165) is 49.3 Å². The minimum atomic E-state index is -3.45. The van der Waals surface area contributed by atoms with Gasteiger partial charge in [0.1, 0.15) is 0 Å². The second-order valence-corrected chi connectivity index (χ2v) is 7.64. The highest BCUT2D eigenvalue weighted by atomic mass is 32.2. The van der Waals surface area contributed by atoms with E-state index < -0.39 is 10.2 Å². The molecule has 7 nitrogen and oxygen atoms in total. The maximum atomic E-state index is 11.8. The van der Waals surface area contributed by atoms with E-state index >= 15 is 0 Å². The number of anilines is 2. The Kier molecular flexibility index (Phi) is 6.23. The van der Waals surface area contributed by atoms with Crippen molar-refractivity contribution in [3.63, 3.8) is 0 Å². The van der Waals surface area contributed by atoms with Gasteiger partial charge in [0.15, 0.2) is 0 Å². The molecule has 1 aromatic carbocycles. The zero-order chi connectivity index (χ0) is 16.9. The number of rotatable bonds is 7. The van der Waals surface area contributed by atoms with E-state index in [1.807, 2.05) is 12.1 Å². The molecular weight excluding hydrogens is 316 g/mol. The maximum absolute atomic E-state index is 11.8. The molecule has 1 heterocycles. The van der Waals surface area contributed by atoms with Crippen LogP contribution in [-0.2, 0) is 14.9 Å². The van der Waals surface area contributed by atoms with Crippen LogP contribution in [0.3, 0.4) is 0 Å². The van der Waals surface area contributed by atoms with Gasteiger partial charge in [0.25, 0.3) is 0 Å². The highest BCUT2D eigenvalue weighted by Crippen LogP contribution is 2.20. The predicted octanol–water partition coefficient (Wildman–Crippen LogP) is 0.673. The molecule has 8 heteroatoms. The first kappa shape index (κ1) is 18.0. The van der Waals surface area contributed by atoms with Gasteiger partial charge in [-0.25, -0.2) is 0 Å². The highest BCUT2D eigenvalue weighted by molar-refractivity contribution is 7.90. The molecular formula is C15H26N4O3S. The molecule has 1 fully saturated rings. The van der Waals surface area contributed by atoms with E-state index in [4.69, 9.17) is 4.74 Å². The lowest BCUT2D eigenvalue weighted by atomic mass is 10.2. The van der Waals surface area contributed by atoms with Crippen LogP contribution in [0.5, 0.6) is 0 Å². The smallest absolute Gasteiger partial charge is 0.301 e. The van der Waals surface area contributed by atoms with Crippen molar-refractivity contribution in [2.75, 3.05) is 70.2 Å². The normalized spacial score (nSPS) is 16.8. The fraction of sp³-hybridized carbons (Fsp3) is 0.600. The Morgan fingerprint density at radius 2 is 1.74 bits per heavy atom. The molecule has 0 bridgehead atoms. The van der Waals surface area contributed by atoms with Gasteiger partial charge in [-0.1, -0.05) is 0 Å². The zero-order valence-electron chi connectivity index (χ0n) is 14.0. The van der Waals surface area contributed by atoms with Crippen molar-refractivity contribution in [1.29, 1.82) is 0 Å². The SMILES string of the molecule is COCCN1CCN(c2ccc(NS(=O)(=O)N(C)C)cc2)CC1. The summed E-state index contributed by atoms with van der Waals surface area (Å²) in [6.07, 6.45) is 0. The van der Waals surface area contributed by atoms with Crippen molar-refractivity contribution >= 4 is 21.6 Å². The minimum absolute atomic E-state index is 0.571. The third kappa shape index (κ3) is 5.07. The van der Waals surface area contributed by atoms with Crippen LogP contribution in [0.25, 0.3) is 0 Å². The Bertz CT molecular complexity index is 581. The van der Waals surface area contributed by atoms with E-state index in [1.165, 1.54) is 14.1 Å². The number of benzene rings is 1. The number of ether oxygens (including phenoxy) is 1. The largest absolute Gasteiger partial charge is 0.383 e. The van der Waals surface area contributed by atoms with Gasteiger partial charge in [-0.3, -0.25) is 9.62 Å². The summed E-state index contributed by atoms with van der Waals surface area (Å²) in [4.78, 5) is 4.70. The first-order valence-electron chi connectivity index (χ1n) is 7.69. The topological polar surface area (TPSA) is 65.1 Å². The van der Waals surface area contributed by atoms with E-state index in [2.05, 4.69) is 14.5 Å². The summed E-state index contributed by atoms with van der Waals surface area (Å²) in [6.45, 7) is 5.69. The quantitative estimate of drug-likeness (QED) is 0.789. The number of methoxy groups -OCH3 is 1. The van der Waals surface area contributed by atoms with Gasteiger partial charge in [0, 0.05) is 65.3 Å². The summed E-state index contributed by atoms with van der Waals surface area (Å²) in [5.41, 5.74) is 1.69. The number of nitrogens with one attached hydrogen (secondary N) is 1. The molecule has 0 atom stereocenters. The summed E-state index contributed by atoms with van der Waals surface area (Å²) in [5, 5.41) is 0. The average molecular weight is 342 g/mol. The molecule has 0 unspecified atom stereocenters. The van der Waals surface area contributed by atoms with Crippen molar-refractivity contribution in [3.8, 4) is 0 Å². The van der Waals surface area contributed by atoms with Crippen LogP contribution in [0.1, 0.15) is 0 Å². The molecule has 2 rings (SSSR count). The second kappa shape index (κ2) is 7.96. The van der Waals surface area contributed by atoms with Crippen LogP contribution in [0, 0.1) is 0 Å². The van der Waals surface area contributed by atoms with Gasteiger partial charge in [-0.15, -0.1) is 0 Å². The number of piperazine rings is 1. The minimum Gasteiger partial charge on any atom is -0.383 e. The van der Waals surface area contributed by atoms with Crippen molar-refractivity contribution in [1.82, 2.24) is 9.21 Å². The first-order chi connectivity index (χ1) is 10.9. The molecule has 0 aromatic heterocycles. The Balaban J connectivity index is 1.91. The Morgan fingerprint density at radius 3 is 2.26 bits per heavy atom. The summed E-state index contributed by atoms with van der Waals surface area (Å²) in [7, 11) is 1.27. The Hall–Kier alpha value is -1.35. The first-order valence-corrected chi connectivity index (χ1v) is 9.13. The molecule has 0 spiro atoms. The average Bonchev–Trinajstić information content (AvgIpc) is 2.54. The van der Waals surface area contributed by atoms with E-state index in [9.17, 15) is 8.42 Å². The second-order valence-electron chi connectivity index (χ2n) is 5.76. The van der Waals surface area contributed by atoms with Crippen LogP contribution in [0.4, 0.5) is 11.4 Å². The third-order valence-electron chi connectivity index (χ3n) is 3.94. The lowest BCUT2D eigenvalue weighted by molar-refractivity contribution is 0.144. The zero-order valence-corrected chi connectivity index (χ0v) is 14.8. The third-order valence-corrected chi connectivity index (χ3v) is 5.40. The molecule has 1 aliphatic heterocycles. The van der Waals surface area contributed by atoms with Crippen LogP contribution in [0.2, 0.25) is 0 Å². The lowest BCUT2D eigenvalue weighted by Gasteiger charge is -2.36. The molecule has 0 radical (unpaired) electrons. The van der Waals surface area contributed by atoms with Gasteiger partial charge in [0.05, 0.1) is 6.61 Å². The molecule has 0 saturated carbocycles. The number of hydrogen-bond acceptors (Lipinski definition) is 5. The Morgan fingerprint density at radius 1 is 1.13 bits per heavy atom. The van der Waals surface area contributed by atoms with Crippen molar-refractivity contribution in [2.45, 2.75) is 0 Å². The van der Waals surface area contributed by atoms with Gasteiger partial charge in [-0.2, -0.15) is 12.7 Å². The number of nitrogens with zero attached hydrogens (tertiary/aromatic N) is 3. The molecule has 1 aromatic rings. The molecule has 0 amide bonds. The molecule has 1 N–H and O–H groups in total. The Labute approximate surface area is 139 Å². The van der Waals surface area contributed by atoms with E-state index in [-0.39, 0.29) is 0 Å². The van der Waals surface area contributed by atoms with E-state index in [0.29, 0.717) is 5.69 Å². The van der Waals surface area contributed by atoms with Crippen LogP contribution in [-0.4, -0.2) is 78.2 Å². The van der Waals surface area contributed by atoms with Gasteiger partial charge < -0.3 is 9.64 Å². The monoisotopic (exact) mass is 342 g/mol. The summed E-state index contributed by atoms with van der Waals surface area (Å²) >= 11 is 0. The van der Waals surface area contributed by atoms with Crippen LogP contribution >= 0.6 is 0 Å². The van der Waals surface area contributed by atoms with Crippen molar-refractivity contribution < 1.29 is 13.2 Å². The van der Waals surface area contributed by atoms with Crippen molar-refractivity contribution in [3.05, 3.63) is 24.3 Å². The summed E-state index contributed by atoms with van der Waals surface area (Å²) < 4.78 is 32.4. The molecule has 23 heavy (non-hydrogen) atoms. The molecule has 1 saturated heterocycles. The molecule has 1 aliphatic rings. The van der Waals surface area contributed by atoms with Crippen LogP contribution in [0.15, 0.2) is 24.3 Å². The standard InChI is InChI=1S/C15H26N4O3S/c1-17(2)23(20,21)16-14-4-6-15(7-5-14)19-10-8-18(9-11-19)12-13-22-3/h4-7,16H,8-13H2,1-3H3. The van der Waals surface area contributed by atoms with Crippen molar-refractivity contribution in [2.24, 2.45) is 0 Å².